The Kier molecular flexibility index (Phi) is 5.28. The second kappa shape index (κ2) is 7.73. The Morgan fingerprint density at radius 2 is 1.72 bits per heavy atom. The number of likely N-dealkylation sites (tertiary alicyclic amines) is 1. The number of sulfonamides is 1. The topological polar surface area (TPSA) is 114 Å². The van der Waals surface area contributed by atoms with Gasteiger partial charge in [0, 0.05) is 31.7 Å². The molecule has 156 valence electrons. The van der Waals surface area contributed by atoms with Crippen molar-refractivity contribution in [3.05, 3.63) is 29.8 Å². The first kappa shape index (κ1) is 19.8. The Balaban J connectivity index is 1.43. The van der Waals surface area contributed by atoms with E-state index in [1.54, 1.807) is 4.90 Å². The van der Waals surface area contributed by atoms with Gasteiger partial charge in [-0.2, -0.15) is 4.31 Å². The molecule has 0 aromatic heterocycles. The molecule has 3 fully saturated rings. The van der Waals surface area contributed by atoms with E-state index in [1.807, 2.05) is 0 Å². The lowest BCUT2D eigenvalue weighted by atomic mass is 10.2. The van der Waals surface area contributed by atoms with Crippen LogP contribution in [0.25, 0.3) is 0 Å². The molecule has 1 atom stereocenters. The molecule has 29 heavy (non-hydrogen) atoms. The van der Waals surface area contributed by atoms with E-state index < -0.39 is 28.1 Å². The summed E-state index contributed by atoms with van der Waals surface area (Å²) in [4.78, 5) is 39.0. The SMILES string of the molecule is O=C(c1ccc(S(=O)(=O)N2CCOCC2)cc1)N1CC[C@H](N2C(=O)COC2=O)C1. The molecule has 3 aliphatic heterocycles. The average Bonchev–Trinajstić information content (AvgIpc) is 3.34. The number of hydrogen-bond acceptors (Lipinski definition) is 7. The zero-order chi connectivity index (χ0) is 20.6. The molecule has 11 heteroatoms. The van der Waals surface area contributed by atoms with Gasteiger partial charge in [0.1, 0.15) is 0 Å². The number of hydrogen-bond donors (Lipinski definition) is 0. The minimum absolute atomic E-state index is 0.126. The number of morpholine rings is 1. The Morgan fingerprint density at radius 1 is 1.03 bits per heavy atom. The number of carbonyl (C=O) groups is 3. The van der Waals surface area contributed by atoms with Crippen LogP contribution in [0.5, 0.6) is 0 Å². The molecular formula is C18H21N3O7S. The van der Waals surface area contributed by atoms with Gasteiger partial charge in [-0.05, 0) is 30.7 Å². The van der Waals surface area contributed by atoms with Crippen LogP contribution in [0.4, 0.5) is 4.79 Å². The van der Waals surface area contributed by atoms with Gasteiger partial charge >= 0.3 is 6.09 Å². The van der Waals surface area contributed by atoms with Gasteiger partial charge in [0.25, 0.3) is 11.8 Å². The number of carbonyl (C=O) groups excluding carboxylic acids is 3. The molecule has 3 amide bonds. The third kappa shape index (κ3) is 3.72. The maximum Gasteiger partial charge on any atom is 0.417 e. The molecular weight excluding hydrogens is 402 g/mol. The molecule has 3 saturated heterocycles. The van der Waals surface area contributed by atoms with E-state index in [4.69, 9.17) is 9.47 Å². The lowest BCUT2D eigenvalue weighted by Crippen LogP contribution is -2.42. The molecule has 0 radical (unpaired) electrons. The van der Waals surface area contributed by atoms with E-state index in [1.165, 1.54) is 28.6 Å². The molecule has 1 aromatic rings. The van der Waals surface area contributed by atoms with Crippen molar-refractivity contribution in [1.29, 1.82) is 0 Å². The van der Waals surface area contributed by atoms with Crippen LogP contribution in [-0.4, -0.2) is 92.5 Å². The molecule has 0 spiro atoms. The number of imide groups is 1. The lowest BCUT2D eigenvalue weighted by molar-refractivity contribution is -0.127. The van der Waals surface area contributed by atoms with Gasteiger partial charge in [-0.1, -0.05) is 0 Å². The molecule has 1 aromatic carbocycles. The second-order valence-electron chi connectivity index (χ2n) is 7.05. The van der Waals surface area contributed by atoms with Gasteiger partial charge in [0.15, 0.2) is 6.61 Å². The van der Waals surface area contributed by atoms with Crippen molar-refractivity contribution < 1.29 is 32.3 Å². The summed E-state index contributed by atoms with van der Waals surface area (Å²) in [5.41, 5.74) is 0.349. The first-order valence-corrected chi connectivity index (χ1v) is 10.8. The van der Waals surface area contributed by atoms with Crippen LogP contribution in [0, 0.1) is 0 Å². The third-order valence-electron chi connectivity index (χ3n) is 5.31. The molecule has 0 unspecified atom stereocenters. The standard InChI is InChI=1S/C18H21N3O7S/c22-16-12-28-18(24)21(16)14-5-6-19(11-14)17(23)13-1-3-15(4-2-13)29(25,26)20-7-9-27-10-8-20/h1-4,14H,5-12H2/t14-/m0/s1. The average molecular weight is 423 g/mol. The smallest absolute Gasteiger partial charge is 0.417 e. The van der Waals surface area contributed by atoms with Crippen molar-refractivity contribution in [3.63, 3.8) is 0 Å². The number of benzene rings is 1. The zero-order valence-corrected chi connectivity index (χ0v) is 16.5. The highest BCUT2D eigenvalue weighted by molar-refractivity contribution is 7.89. The fraction of sp³-hybridized carbons (Fsp3) is 0.500. The van der Waals surface area contributed by atoms with Gasteiger partial charge in [-0.3, -0.25) is 9.59 Å². The van der Waals surface area contributed by atoms with Crippen LogP contribution in [0.1, 0.15) is 16.8 Å². The van der Waals surface area contributed by atoms with E-state index in [0.717, 1.165) is 4.90 Å². The first-order valence-electron chi connectivity index (χ1n) is 9.34. The minimum atomic E-state index is -3.62. The number of ether oxygens (including phenoxy) is 2. The van der Waals surface area contributed by atoms with Crippen LogP contribution < -0.4 is 0 Å². The Bertz CT molecular complexity index is 909. The van der Waals surface area contributed by atoms with Gasteiger partial charge in [-0.15, -0.1) is 0 Å². The largest absolute Gasteiger partial charge is 0.439 e. The summed E-state index contributed by atoms with van der Waals surface area (Å²) in [6.07, 6.45) is -0.192. The van der Waals surface area contributed by atoms with Gasteiger partial charge < -0.3 is 14.4 Å². The number of nitrogens with zero attached hydrogens (tertiary/aromatic N) is 3. The Hall–Kier alpha value is -2.50. The maximum absolute atomic E-state index is 12.8. The van der Waals surface area contributed by atoms with Crippen LogP contribution in [0.15, 0.2) is 29.2 Å². The number of rotatable bonds is 4. The number of amides is 3. The van der Waals surface area contributed by atoms with Crippen LogP contribution >= 0.6 is 0 Å². The maximum atomic E-state index is 12.8. The summed E-state index contributed by atoms with van der Waals surface area (Å²) in [7, 11) is -3.62. The van der Waals surface area contributed by atoms with Crippen molar-refractivity contribution >= 4 is 27.9 Å². The van der Waals surface area contributed by atoms with E-state index >= 15 is 0 Å². The van der Waals surface area contributed by atoms with Crippen molar-refractivity contribution in [3.8, 4) is 0 Å². The van der Waals surface area contributed by atoms with Crippen LogP contribution in [-0.2, 0) is 24.3 Å². The monoisotopic (exact) mass is 423 g/mol. The van der Waals surface area contributed by atoms with Gasteiger partial charge in [0.2, 0.25) is 10.0 Å². The molecule has 3 heterocycles. The quantitative estimate of drug-likeness (QED) is 0.664. The van der Waals surface area contributed by atoms with Crippen molar-refractivity contribution in [2.24, 2.45) is 0 Å². The summed E-state index contributed by atoms with van der Waals surface area (Å²) < 4.78 is 36.6. The van der Waals surface area contributed by atoms with Crippen molar-refractivity contribution in [2.45, 2.75) is 17.4 Å². The fourth-order valence-electron chi connectivity index (χ4n) is 3.74. The normalized spacial score (nSPS) is 23.5. The lowest BCUT2D eigenvalue weighted by Gasteiger charge is -2.26. The molecule has 3 aliphatic rings. The summed E-state index contributed by atoms with van der Waals surface area (Å²) in [6, 6.07) is 5.42. The fourth-order valence-corrected chi connectivity index (χ4v) is 5.15. The molecule has 10 nitrogen and oxygen atoms in total. The summed E-state index contributed by atoms with van der Waals surface area (Å²) in [5, 5.41) is 0. The van der Waals surface area contributed by atoms with Gasteiger partial charge in [0.05, 0.1) is 24.2 Å². The van der Waals surface area contributed by atoms with Crippen molar-refractivity contribution in [2.75, 3.05) is 46.0 Å². The summed E-state index contributed by atoms with van der Waals surface area (Å²) in [6.45, 7) is 1.69. The predicted molar refractivity (Wildman–Crippen MR) is 98.5 cm³/mol. The highest BCUT2D eigenvalue weighted by atomic mass is 32.2. The Labute approximate surface area is 168 Å². The second-order valence-corrected chi connectivity index (χ2v) is 8.99. The molecule has 0 N–H and O–H groups in total. The van der Waals surface area contributed by atoms with Crippen molar-refractivity contribution in [1.82, 2.24) is 14.1 Å². The molecule has 0 saturated carbocycles. The van der Waals surface area contributed by atoms with E-state index in [0.29, 0.717) is 44.8 Å². The summed E-state index contributed by atoms with van der Waals surface area (Å²) in [5.74, 6) is -0.671. The molecule has 0 aliphatic carbocycles. The highest BCUT2D eigenvalue weighted by Crippen LogP contribution is 2.23. The summed E-state index contributed by atoms with van der Waals surface area (Å²) >= 11 is 0. The van der Waals surface area contributed by atoms with Crippen LogP contribution in [0.2, 0.25) is 0 Å². The third-order valence-corrected chi connectivity index (χ3v) is 7.22. The van der Waals surface area contributed by atoms with E-state index in [2.05, 4.69) is 0 Å². The van der Waals surface area contributed by atoms with Gasteiger partial charge in [-0.25, -0.2) is 18.1 Å². The highest BCUT2D eigenvalue weighted by Gasteiger charge is 2.41. The van der Waals surface area contributed by atoms with E-state index in [-0.39, 0.29) is 24.0 Å². The number of cyclic esters (lactones) is 1. The minimum Gasteiger partial charge on any atom is -0.439 e. The van der Waals surface area contributed by atoms with Crippen LogP contribution in [0.3, 0.4) is 0 Å². The molecule has 0 bridgehead atoms. The molecule has 4 rings (SSSR count). The zero-order valence-electron chi connectivity index (χ0n) is 15.7. The predicted octanol–water partition coefficient (Wildman–Crippen LogP) is -0.0992. The first-order chi connectivity index (χ1) is 13.9. The van der Waals surface area contributed by atoms with E-state index in [9.17, 15) is 22.8 Å². The Morgan fingerprint density at radius 3 is 2.34 bits per heavy atom.